The molecule has 1 aliphatic heterocycles. The first-order valence-corrected chi connectivity index (χ1v) is 8.11. The first-order chi connectivity index (χ1) is 11.6. The van der Waals surface area contributed by atoms with Crippen LogP contribution >= 0.6 is 0 Å². The summed E-state index contributed by atoms with van der Waals surface area (Å²) in [6, 6.07) is 1.97. The highest BCUT2D eigenvalue weighted by Crippen LogP contribution is 2.20. The van der Waals surface area contributed by atoms with Crippen LogP contribution in [0.5, 0.6) is 0 Å². The van der Waals surface area contributed by atoms with E-state index in [2.05, 4.69) is 13.2 Å². The van der Waals surface area contributed by atoms with Crippen LogP contribution in [0.3, 0.4) is 0 Å². The summed E-state index contributed by atoms with van der Waals surface area (Å²) in [6.07, 6.45) is 6.07. The average Bonchev–Trinajstić information content (AvgIpc) is 2.59. The minimum absolute atomic E-state index is 0.0771. The van der Waals surface area contributed by atoms with Gasteiger partial charge in [0.15, 0.2) is 0 Å². The van der Waals surface area contributed by atoms with Crippen molar-refractivity contribution in [3.05, 3.63) is 37.1 Å². The topological polar surface area (TPSA) is 73.6 Å². The number of hydrogen-bond acceptors (Lipinski definition) is 5. The summed E-state index contributed by atoms with van der Waals surface area (Å²) in [5.74, 6) is -0.678. The molecule has 1 fully saturated rings. The van der Waals surface area contributed by atoms with Gasteiger partial charge in [0.25, 0.3) is 5.91 Å². The van der Waals surface area contributed by atoms with Gasteiger partial charge in [-0.15, -0.1) is 13.2 Å². The number of nitriles is 1. The SMILES string of the molecule is C=CCN(/C=C(/C#N)C(=O)N1CCC(C(=O)OCC)CC1)CC=C. The average molecular weight is 331 g/mol. The Hall–Kier alpha value is -2.55. The highest BCUT2D eigenvalue weighted by Gasteiger charge is 2.29. The first kappa shape index (κ1) is 19.5. The molecule has 130 valence electrons. The van der Waals surface area contributed by atoms with Gasteiger partial charge < -0.3 is 14.5 Å². The molecular weight excluding hydrogens is 306 g/mol. The molecule has 1 saturated heterocycles. The zero-order chi connectivity index (χ0) is 17.9. The molecule has 1 aliphatic rings. The minimum atomic E-state index is -0.307. The summed E-state index contributed by atoms with van der Waals surface area (Å²) in [6.45, 7) is 11.4. The molecular formula is C18H25N3O3. The lowest BCUT2D eigenvalue weighted by atomic mass is 9.96. The Morgan fingerprint density at radius 3 is 2.33 bits per heavy atom. The second-order valence-electron chi connectivity index (χ2n) is 5.50. The highest BCUT2D eigenvalue weighted by atomic mass is 16.5. The zero-order valence-electron chi connectivity index (χ0n) is 14.2. The van der Waals surface area contributed by atoms with Crippen molar-refractivity contribution in [1.29, 1.82) is 5.26 Å². The fourth-order valence-corrected chi connectivity index (χ4v) is 2.57. The number of carbonyl (C=O) groups is 2. The van der Waals surface area contributed by atoms with Crippen molar-refractivity contribution < 1.29 is 14.3 Å². The van der Waals surface area contributed by atoms with Crippen molar-refractivity contribution in [3.63, 3.8) is 0 Å². The molecule has 0 saturated carbocycles. The number of hydrogen-bond donors (Lipinski definition) is 0. The van der Waals surface area contributed by atoms with E-state index in [1.165, 1.54) is 0 Å². The molecule has 6 nitrogen and oxygen atoms in total. The summed E-state index contributed by atoms with van der Waals surface area (Å²) in [4.78, 5) is 27.7. The Labute approximate surface area is 143 Å². The molecule has 1 amide bonds. The smallest absolute Gasteiger partial charge is 0.309 e. The monoisotopic (exact) mass is 331 g/mol. The molecule has 1 heterocycles. The molecule has 1 rings (SSSR count). The van der Waals surface area contributed by atoms with Gasteiger partial charge in [-0.25, -0.2) is 0 Å². The molecule has 0 bridgehead atoms. The van der Waals surface area contributed by atoms with E-state index in [0.717, 1.165) is 0 Å². The fourth-order valence-electron chi connectivity index (χ4n) is 2.57. The second-order valence-corrected chi connectivity index (χ2v) is 5.50. The largest absolute Gasteiger partial charge is 0.466 e. The molecule has 0 aromatic rings. The maximum absolute atomic E-state index is 12.5. The minimum Gasteiger partial charge on any atom is -0.466 e. The summed E-state index contributed by atoms with van der Waals surface area (Å²) in [5, 5.41) is 9.30. The maximum Gasteiger partial charge on any atom is 0.309 e. The lowest BCUT2D eigenvalue weighted by molar-refractivity contribution is -0.150. The number of esters is 1. The number of rotatable bonds is 8. The quantitative estimate of drug-likeness (QED) is 0.294. The van der Waals surface area contributed by atoms with Crippen LogP contribution in [0.2, 0.25) is 0 Å². The van der Waals surface area contributed by atoms with Gasteiger partial charge in [-0.2, -0.15) is 5.26 Å². The van der Waals surface area contributed by atoms with E-state index in [0.29, 0.717) is 45.6 Å². The van der Waals surface area contributed by atoms with Gasteiger partial charge in [-0.1, -0.05) is 12.2 Å². The van der Waals surface area contributed by atoms with Gasteiger partial charge in [-0.05, 0) is 19.8 Å². The number of carbonyl (C=O) groups excluding carboxylic acids is 2. The van der Waals surface area contributed by atoms with Crippen LogP contribution < -0.4 is 0 Å². The lowest BCUT2D eigenvalue weighted by Gasteiger charge is -2.31. The van der Waals surface area contributed by atoms with Crippen LogP contribution in [0.1, 0.15) is 19.8 Å². The van der Waals surface area contributed by atoms with E-state index in [1.807, 2.05) is 6.07 Å². The maximum atomic E-state index is 12.5. The predicted octanol–water partition coefficient (Wildman–Crippen LogP) is 1.87. The summed E-state index contributed by atoms with van der Waals surface area (Å²) in [5.41, 5.74) is 0.0771. The number of likely N-dealkylation sites (tertiary alicyclic amines) is 1. The van der Waals surface area contributed by atoms with E-state index in [9.17, 15) is 14.9 Å². The normalized spacial score (nSPS) is 15.3. The van der Waals surface area contributed by atoms with E-state index in [4.69, 9.17) is 4.74 Å². The molecule has 0 radical (unpaired) electrons. The van der Waals surface area contributed by atoms with Gasteiger partial charge >= 0.3 is 5.97 Å². The Morgan fingerprint density at radius 2 is 1.88 bits per heavy atom. The van der Waals surface area contributed by atoms with Crippen molar-refractivity contribution >= 4 is 11.9 Å². The molecule has 0 spiro atoms. The predicted molar refractivity (Wildman–Crippen MR) is 91.6 cm³/mol. The van der Waals surface area contributed by atoms with Crippen LogP contribution in [0.4, 0.5) is 0 Å². The standard InChI is InChI=1S/C18H25N3O3/c1-4-9-20(10-5-2)14-16(13-19)17(22)21-11-7-15(8-12-21)18(23)24-6-3/h4-5,14-15H,1-2,6-12H2,3H3/b16-14-. The van der Waals surface area contributed by atoms with E-state index < -0.39 is 0 Å². The molecule has 0 atom stereocenters. The highest BCUT2D eigenvalue weighted by molar-refractivity contribution is 5.97. The number of ether oxygens (including phenoxy) is 1. The van der Waals surface area contributed by atoms with E-state index in [1.54, 1.807) is 35.1 Å². The zero-order valence-corrected chi connectivity index (χ0v) is 14.2. The van der Waals surface area contributed by atoms with E-state index in [-0.39, 0.29) is 23.4 Å². The second kappa shape index (κ2) is 10.3. The van der Waals surface area contributed by atoms with Crippen molar-refractivity contribution in [2.45, 2.75) is 19.8 Å². The van der Waals surface area contributed by atoms with E-state index >= 15 is 0 Å². The number of piperidine rings is 1. The molecule has 0 N–H and O–H groups in total. The summed E-state index contributed by atoms with van der Waals surface area (Å²) in [7, 11) is 0. The van der Waals surface area contributed by atoms with Crippen molar-refractivity contribution in [2.24, 2.45) is 5.92 Å². The molecule has 24 heavy (non-hydrogen) atoms. The summed E-state index contributed by atoms with van der Waals surface area (Å²) < 4.78 is 5.02. The first-order valence-electron chi connectivity index (χ1n) is 8.11. The van der Waals surface area contributed by atoms with Crippen LogP contribution in [-0.4, -0.2) is 54.5 Å². The van der Waals surface area contributed by atoms with Crippen molar-refractivity contribution in [3.8, 4) is 6.07 Å². The third kappa shape index (κ3) is 5.58. The third-order valence-electron chi connectivity index (χ3n) is 3.79. The van der Waals surface area contributed by atoms with Gasteiger partial charge in [0, 0.05) is 32.4 Å². The van der Waals surface area contributed by atoms with Crippen LogP contribution in [0, 0.1) is 17.2 Å². The molecule has 0 aromatic carbocycles. The third-order valence-corrected chi connectivity index (χ3v) is 3.79. The Morgan fingerprint density at radius 1 is 1.29 bits per heavy atom. The Bertz CT molecular complexity index is 530. The van der Waals surface area contributed by atoms with Gasteiger partial charge in [0.1, 0.15) is 11.6 Å². The molecule has 0 aliphatic carbocycles. The fraction of sp³-hybridized carbons (Fsp3) is 0.500. The molecule has 6 heteroatoms. The molecule has 0 unspecified atom stereocenters. The van der Waals surface area contributed by atoms with Crippen molar-refractivity contribution in [1.82, 2.24) is 9.80 Å². The van der Waals surface area contributed by atoms with Crippen LogP contribution in [-0.2, 0) is 14.3 Å². The van der Waals surface area contributed by atoms with Gasteiger partial charge in [-0.3, -0.25) is 9.59 Å². The Balaban J connectivity index is 2.71. The van der Waals surface area contributed by atoms with Crippen LogP contribution in [0.25, 0.3) is 0 Å². The van der Waals surface area contributed by atoms with Crippen LogP contribution in [0.15, 0.2) is 37.1 Å². The Kier molecular flexibility index (Phi) is 8.34. The van der Waals surface area contributed by atoms with Gasteiger partial charge in [0.05, 0.1) is 12.5 Å². The molecule has 0 aromatic heterocycles. The van der Waals surface area contributed by atoms with Crippen molar-refractivity contribution in [2.75, 3.05) is 32.8 Å². The number of amides is 1. The lowest BCUT2D eigenvalue weighted by Crippen LogP contribution is -2.41. The summed E-state index contributed by atoms with van der Waals surface area (Å²) >= 11 is 0. The van der Waals surface area contributed by atoms with Gasteiger partial charge in [0.2, 0.25) is 0 Å². The number of nitrogens with zero attached hydrogens (tertiary/aromatic N) is 3.